The van der Waals surface area contributed by atoms with Crippen LogP contribution in [0.4, 0.5) is 0 Å². The van der Waals surface area contributed by atoms with E-state index >= 15 is 0 Å². The topological polar surface area (TPSA) is 59.7 Å². The molecule has 13 heavy (non-hydrogen) atoms. The third-order valence-electron chi connectivity index (χ3n) is 1.75. The Kier molecular flexibility index (Phi) is 1.86. The summed E-state index contributed by atoms with van der Waals surface area (Å²) in [5.41, 5.74) is 1.22. The fraction of sp³-hybridized carbons (Fsp3) is 0.250. The third kappa shape index (κ3) is 1.23. The van der Waals surface area contributed by atoms with Crippen LogP contribution in [0.25, 0.3) is 5.65 Å². The van der Waals surface area contributed by atoms with Gasteiger partial charge < -0.3 is 14.2 Å². The number of aliphatic hydroxyl groups is 1. The fourth-order valence-electron chi connectivity index (χ4n) is 1.17. The summed E-state index contributed by atoms with van der Waals surface area (Å²) in [6.45, 7) is -0.0785. The first kappa shape index (κ1) is 8.00. The fourth-order valence-corrected chi connectivity index (χ4v) is 1.17. The highest BCUT2D eigenvalue weighted by Crippen LogP contribution is 2.14. The second-order valence-corrected chi connectivity index (χ2v) is 2.56. The smallest absolute Gasteiger partial charge is 0.258 e. The van der Waals surface area contributed by atoms with Gasteiger partial charge in [-0.3, -0.25) is 0 Å². The maximum atomic E-state index is 8.87. The summed E-state index contributed by atoms with van der Waals surface area (Å²) in [7, 11) is 1.54. The Bertz CT molecular complexity index is 424. The number of aromatic nitrogens is 3. The van der Waals surface area contributed by atoms with Crippen molar-refractivity contribution in [3.8, 4) is 5.88 Å². The van der Waals surface area contributed by atoms with E-state index in [1.807, 2.05) is 0 Å². The molecule has 0 aliphatic carbocycles. The Morgan fingerprint density at radius 3 is 3.15 bits per heavy atom. The van der Waals surface area contributed by atoms with Crippen molar-refractivity contribution in [2.24, 2.45) is 0 Å². The van der Waals surface area contributed by atoms with Crippen LogP contribution in [0, 0.1) is 0 Å². The van der Waals surface area contributed by atoms with E-state index in [0.29, 0.717) is 17.2 Å². The molecule has 0 aliphatic heterocycles. The normalized spacial score (nSPS) is 10.6. The van der Waals surface area contributed by atoms with Crippen molar-refractivity contribution in [3.63, 3.8) is 0 Å². The molecule has 1 N–H and O–H groups in total. The van der Waals surface area contributed by atoms with Crippen molar-refractivity contribution >= 4 is 5.65 Å². The Balaban J connectivity index is 2.67. The number of methoxy groups -OCH3 is 1. The summed E-state index contributed by atoms with van der Waals surface area (Å²) in [5.74, 6) is 0.460. The molecule has 0 aliphatic rings. The van der Waals surface area contributed by atoms with Crippen molar-refractivity contribution in [3.05, 3.63) is 24.3 Å². The highest BCUT2D eigenvalue weighted by Gasteiger charge is 2.06. The predicted octanol–water partition coefficient (Wildman–Crippen LogP) is 0.230. The lowest BCUT2D eigenvalue weighted by molar-refractivity contribution is 0.277. The highest BCUT2D eigenvalue weighted by molar-refractivity contribution is 5.49. The van der Waals surface area contributed by atoms with Gasteiger partial charge in [-0.15, -0.1) is 0 Å². The average Bonchev–Trinajstić information content (AvgIpc) is 2.59. The number of rotatable bonds is 2. The molecule has 0 unspecified atom stereocenters. The maximum absolute atomic E-state index is 8.87. The molecular formula is C8H9N3O2. The van der Waals surface area contributed by atoms with Gasteiger partial charge in [-0.25, -0.2) is 9.97 Å². The van der Waals surface area contributed by atoms with Crippen molar-refractivity contribution in [1.29, 1.82) is 0 Å². The number of aliphatic hydroxyl groups excluding tert-OH is 1. The van der Waals surface area contributed by atoms with E-state index in [0.717, 1.165) is 0 Å². The van der Waals surface area contributed by atoms with E-state index < -0.39 is 0 Å². The first-order valence-electron chi connectivity index (χ1n) is 3.82. The predicted molar refractivity (Wildman–Crippen MR) is 45.5 cm³/mol. The van der Waals surface area contributed by atoms with Crippen LogP contribution in [-0.4, -0.2) is 26.6 Å². The van der Waals surface area contributed by atoms with Gasteiger partial charge in [-0.05, 0) is 0 Å². The second kappa shape index (κ2) is 3.02. The molecule has 0 fully saturated rings. The summed E-state index contributed by atoms with van der Waals surface area (Å²) in [6.07, 6.45) is 5.11. The average molecular weight is 179 g/mol. The molecule has 0 radical (unpaired) electrons. The monoisotopic (exact) mass is 179 g/mol. The standard InChI is InChI=1S/C8H9N3O2/c1-13-8-7-10-6(5-12)4-11(7)3-2-9-8/h2-4,12H,5H2,1H3. The maximum Gasteiger partial charge on any atom is 0.258 e. The van der Waals surface area contributed by atoms with Crippen LogP contribution in [0.15, 0.2) is 18.6 Å². The zero-order valence-corrected chi connectivity index (χ0v) is 7.14. The first-order chi connectivity index (χ1) is 6.35. The second-order valence-electron chi connectivity index (χ2n) is 2.56. The van der Waals surface area contributed by atoms with E-state index in [4.69, 9.17) is 9.84 Å². The summed E-state index contributed by atoms with van der Waals surface area (Å²) in [6, 6.07) is 0. The molecule has 68 valence electrons. The molecule has 2 aromatic heterocycles. The molecule has 0 amide bonds. The SMILES string of the molecule is COc1nccn2cc(CO)nc12. The largest absolute Gasteiger partial charge is 0.478 e. The van der Waals surface area contributed by atoms with Gasteiger partial charge in [0.05, 0.1) is 19.4 Å². The molecule has 0 atom stereocenters. The van der Waals surface area contributed by atoms with Crippen LogP contribution in [0.3, 0.4) is 0 Å². The molecule has 0 bridgehead atoms. The van der Waals surface area contributed by atoms with Crippen molar-refractivity contribution in [2.75, 3.05) is 7.11 Å². The van der Waals surface area contributed by atoms with Gasteiger partial charge in [0.15, 0.2) is 0 Å². The Labute approximate surface area is 74.6 Å². The van der Waals surface area contributed by atoms with Gasteiger partial charge in [0, 0.05) is 18.6 Å². The molecule has 0 saturated carbocycles. The number of hydrogen-bond acceptors (Lipinski definition) is 4. The highest BCUT2D eigenvalue weighted by atomic mass is 16.5. The summed E-state index contributed by atoms with van der Waals surface area (Å²) in [5, 5.41) is 8.87. The Morgan fingerprint density at radius 1 is 1.62 bits per heavy atom. The lowest BCUT2D eigenvalue weighted by atomic mass is 10.5. The van der Waals surface area contributed by atoms with E-state index in [2.05, 4.69) is 9.97 Å². The number of ether oxygens (including phenoxy) is 1. The van der Waals surface area contributed by atoms with E-state index in [1.54, 1.807) is 23.0 Å². The summed E-state index contributed by atoms with van der Waals surface area (Å²) < 4.78 is 6.77. The molecule has 0 saturated heterocycles. The van der Waals surface area contributed by atoms with Gasteiger partial charge in [0.2, 0.25) is 5.65 Å². The molecule has 2 heterocycles. The lowest BCUT2D eigenvalue weighted by Crippen LogP contribution is -1.92. The van der Waals surface area contributed by atoms with Crippen LogP contribution in [0.5, 0.6) is 5.88 Å². The van der Waals surface area contributed by atoms with Crippen LogP contribution < -0.4 is 4.74 Å². The zero-order chi connectivity index (χ0) is 9.26. The number of fused-ring (bicyclic) bond motifs is 1. The molecule has 2 rings (SSSR count). The van der Waals surface area contributed by atoms with Gasteiger partial charge in [0.25, 0.3) is 5.88 Å². The minimum absolute atomic E-state index is 0.0785. The lowest BCUT2D eigenvalue weighted by Gasteiger charge is -1.98. The van der Waals surface area contributed by atoms with Crippen LogP contribution in [-0.2, 0) is 6.61 Å². The van der Waals surface area contributed by atoms with Crippen LogP contribution >= 0.6 is 0 Å². The molecule has 5 nitrogen and oxygen atoms in total. The Morgan fingerprint density at radius 2 is 2.46 bits per heavy atom. The number of hydrogen-bond donors (Lipinski definition) is 1. The van der Waals surface area contributed by atoms with Gasteiger partial charge in [-0.1, -0.05) is 0 Å². The van der Waals surface area contributed by atoms with Crippen LogP contribution in [0.1, 0.15) is 5.69 Å². The molecule has 0 spiro atoms. The summed E-state index contributed by atoms with van der Waals surface area (Å²) >= 11 is 0. The Hall–Kier alpha value is -1.62. The van der Waals surface area contributed by atoms with E-state index in [1.165, 1.54) is 7.11 Å². The quantitative estimate of drug-likeness (QED) is 0.716. The minimum Gasteiger partial charge on any atom is -0.478 e. The van der Waals surface area contributed by atoms with E-state index in [9.17, 15) is 0 Å². The molecular weight excluding hydrogens is 170 g/mol. The van der Waals surface area contributed by atoms with E-state index in [-0.39, 0.29) is 6.61 Å². The van der Waals surface area contributed by atoms with Gasteiger partial charge >= 0.3 is 0 Å². The van der Waals surface area contributed by atoms with Crippen molar-refractivity contribution in [2.45, 2.75) is 6.61 Å². The number of imidazole rings is 1. The van der Waals surface area contributed by atoms with Gasteiger partial charge in [-0.2, -0.15) is 0 Å². The zero-order valence-electron chi connectivity index (χ0n) is 7.14. The molecule has 5 heteroatoms. The summed E-state index contributed by atoms with van der Waals surface area (Å²) in [4.78, 5) is 8.11. The van der Waals surface area contributed by atoms with Crippen molar-refractivity contribution < 1.29 is 9.84 Å². The van der Waals surface area contributed by atoms with Crippen molar-refractivity contribution in [1.82, 2.24) is 14.4 Å². The van der Waals surface area contributed by atoms with Gasteiger partial charge in [0.1, 0.15) is 0 Å². The minimum atomic E-state index is -0.0785. The third-order valence-corrected chi connectivity index (χ3v) is 1.75. The molecule has 2 aromatic rings. The first-order valence-corrected chi connectivity index (χ1v) is 3.82. The van der Waals surface area contributed by atoms with Crippen LogP contribution in [0.2, 0.25) is 0 Å². The molecule has 0 aromatic carbocycles. The number of nitrogens with zero attached hydrogens (tertiary/aromatic N) is 3.